The van der Waals surface area contributed by atoms with Gasteiger partial charge in [0.25, 0.3) is 0 Å². The quantitative estimate of drug-likeness (QED) is 0.681. The van der Waals surface area contributed by atoms with E-state index in [-0.39, 0.29) is 10.6 Å². The van der Waals surface area contributed by atoms with Crippen molar-refractivity contribution in [1.82, 2.24) is 0 Å². The topological polar surface area (TPSA) is 9.23 Å². The Balaban J connectivity index is 2.31. The largest absolute Gasteiger partial charge is 0.497 e. The molecule has 0 amide bonds. The van der Waals surface area contributed by atoms with Gasteiger partial charge >= 0.3 is 0 Å². The summed E-state index contributed by atoms with van der Waals surface area (Å²) in [7, 11) is 1.63. The molecule has 18 heavy (non-hydrogen) atoms. The molecule has 0 spiro atoms. The lowest BCUT2D eigenvalue weighted by atomic mass is 10.0. The SMILES string of the molecule is COc1ccc(C(Br)c2cc(F)cc(Br)c2)cc1. The summed E-state index contributed by atoms with van der Waals surface area (Å²) in [5.41, 5.74) is 1.92. The van der Waals surface area contributed by atoms with Crippen LogP contribution in [-0.2, 0) is 0 Å². The second kappa shape index (κ2) is 5.85. The zero-order chi connectivity index (χ0) is 13.1. The Hall–Kier alpha value is -0.870. The summed E-state index contributed by atoms with van der Waals surface area (Å²) in [6.07, 6.45) is 0. The first-order chi connectivity index (χ1) is 8.60. The molecule has 0 radical (unpaired) electrons. The summed E-state index contributed by atoms with van der Waals surface area (Å²) < 4.78 is 19.2. The van der Waals surface area contributed by atoms with E-state index in [0.29, 0.717) is 0 Å². The Bertz CT molecular complexity index is 520. The highest BCUT2D eigenvalue weighted by Crippen LogP contribution is 2.33. The number of benzene rings is 2. The third-order valence-electron chi connectivity index (χ3n) is 2.59. The first-order valence-corrected chi connectivity index (χ1v) is 7.05. The molecule has 0 aliphatic carbocycles. The van der Waals surface area contributed by atoms with Crippen LogP contribution < -0.4 is 4.74 Å². The molecule has 0 aliphatic rings. The second-order valence-electron chi connectivity index (χ2n) is 3.84. The molecule has 0 heterocycles. The molecule has 2 aromatic carbocycles. The van der Waals surface area contributed by atoms with E-state index < -0.39 is 0 Å². The first kappa shape index (κ1) is 13.6. The summed E-state index contributed by atoms with van der Waals surface area (Å²) in [5.74, 6) is 0.552. The van der Waals surface area contributed by atoms with E-state index in [1.54, 1.807) is 7.11 Å². The minimum Gasteiger partial charge on any atom is -0.497 e. The molecule has 0 aliphatic heterocycles. The number of halogens is 3. The van der Waals surface area contributed by atoms with Gasteiger partial charge in [0.05, 0.1) is 11.9 Å². The molecule has 0 bridgehead atoms. The monoisotopic (exact) mass is 372 g/mol. The van der Waals surface area contributed by atoms with Gasteiger partial charge in [-0.1, -0.05) is 44.0 Å². The van der Waals surface area contributed by atoms with Crippen LogP contribution in [0.2, 0.25) is 0 Å². The summed E-state index contributed by atoms with van der Waals surface area (Å²) >= 11 is 6.88. The third-order valence-corrected chi connectivity index (χ3v) is 4.10. The highest BCUT2D eigenvalue weighted by Gasteiger charge is 2.12. The molecule has 1 nitrogen and oxygen atoms in total. The van der Waals surface area contributed by atoms with Crippen molar-refractivity contribution in [1.29, 1.82) is 0 Å². The number of ether oxygens (including phenoxy) is 1. The molecular weight excluding hydrogens is 363 g/mol. The van der Waals surface area contributed by atoms with Gasteiger partial charge in [0.15, 0.2) is 0 Å². The Morgan fingerprint density at radius 1 is 1.06 bits per heavy atom. The van der Waals surface area contributed by atoms with Crippen LogP contribution in [0.5, 0.6) is 5.75 Å². The fourth-order valence-electron chi connectivity index (χ4n) is 1.69. The number of alkyl halides is 1. The van der Waals surface area contributed by atoms with E-state index in [2.05, 4.69) is 31.9 Å². The fraction of sp³-hybridized carbons (Fsp3) is 0.143. The van der Waals surface area contributed by atoms with Crippen molar-refractivity contribution in [3.63, 3.8) is 0 Å². The van der Waals surface area contributed by atoms with Crippen LogP contribution in [0.15, 0.2) is 46.9 Å². The number of hydrogen-bond donors (Lipinski definition) is 0. The van der Waals surface area contributed by atoms with E-state index >= 15 is 0 Å². The lowest BCUT2D eigenvalue weighted by Gasteiger charge is -2.12. The van der Waals surface area contributed by atoms with Gasteiger partial charge in [-0.25, -0.2) is 4.39 Å². The number of methoxy groups -OCH3 is 1. The molecule has 0 aromatic heterocycles. The van der Waals surface area contributed by atoms with Crippen molar-refractivity contribution in [2.45, 2.75) is 4.83 Å². The van der Waals surface area contributed by atoms with Crippen LogP contribution in [0, 0.1) is 5.82 Å². The summed E-state index contributed by atoms with van der Waals surface area (Å²) in [6.45, 7) is 0. The number of rotatable bonds is 3. The maximum Gasteiger partial charge on any atom is 0.124 e. The van der Waals surface area contributed by atoms with E-state index in [4.69, 9.17) is 4.74 Å². The van der Waals surface area contributed by atoms with Gasteiger partial charge in [-0.3, -0.25) is 0 Å². The van der Waals surface area contributed by atoms with Crippen LogP contribution in [0.3, 0.4) is 0 Å². The normalized spacial score (nSPS) is 12.2. The molecule has 0 fully saturated rings. The van der Waals surface area contributed by atoms with Crippen molar-refractivity contribution >= 4 is 31.9 Å². The predicted octanol–water partition coefficient (Wildman–Crippen LogP) is 5.08. The van der Waals surface area contributed by atoms with Gasteiger partial charge in [-0.05, 0) is 41.5 Å². The van der Waals surface area contributed by atoms with Gasteiger partial charge in [0, 0.05) is 4.47 Å². The minimum atomic E-state index is -0.252. The van der Waals surface area contributed by atoms with Gasteiger partial charge < -0.3 is 4.74 Å². The van der Waals surface area contributed by atoms with Crippen LogP contribution in [0.25, 0.3) is 0 Å². The molecule has 94 valence electrons. The molecular formula is C14H11Br2FO. The lowest BCUT2D eigenvalue weighted by Crippen LogP contribution is -1.94. The second-order valence-corrected chi connectivity index (χ2v) is 5.67. The van der Waals surface area contributed by atoms with Crippen LogP contribution in [-0.4, -0.2) is 7.11 Å². The van der Waals surface area contributed by atoms with Crippen molar-refractivity contribution in [3.05, 3.63) is 63.9 Å². The minimum absolute atomic E-state index is 0.0459. The standard InChI is InChI=1S/C14H11Br2FO/c1-18-13-4-2-9(3-5-13)14(16)10-6-11(15)8-12(17)7-10/h2-8,14H,1H3. The smallest absolute Gasteiger partial charge is 0.124 e. The van der Waals surface area contributed by atoms with E-state index in [1.807, 2.05) is 30.3 Å². The maximum atomic E-state index is 13.4. The Kier molecular flexibility index (Phi) is 4.40. The van der Waals surface area contributed by atoms with E-state index in [1.165, 1.54) is 12.1 Å². The van der Waals surface area contributed by atoms with Gasteiger partial charge in [-0.2, -0.15) is 0 Å². The van der Waals surface area contributed by atoms with Crippen molar-refractivity contribution in [2.75, 3.05) is 7.11 Å². The van der Waals surface area contributed by atoms with Crippen LogP contribution in [0.4, 0.5) is 4.39 Å². The van der Waals surface area contributed by atoms with Gasteiger partial charge in [0.1, 0.15) is 11.6 Å². The highest BCUT2D eigenvalue weighted by molar-refractivity contribution is 9.10. The average Bonchev–Trinajstić information content (AvgIpc) is 2.37. The Morgan fingerprint density at radius 3 is 2.28 bits per heavy atom. The number of hydrogen-bond acceptors (Lipinski definition) is 1. The Morgan fingerprint density at radius 2 is 1.72 bits per heavy atom. The molecule has 0 N–H and O–H groups in total. The summed E-state index contributed by atoms with van der Waals surface area (Å²) in [4.78, 5) is -0.0459. The molecule has 1 atom stereocenters. The van der Waals surface area contributed by atoms with E-state index in [9.17, 15) is 4.39 Å². The van der Waals surface area contributed by atoms with E-state index in [0.717, 1.165) is 21.3 Å². The van der Waals surface area contributed by atoms with Crippen LogP contribution >= 0.6 is 31.9 Å². The Labute approximate surface area is 122 Å². The predicted molar refractivity (Wildman–Crippen MR) is 77.9 cm³/mol. The molecule has 4 heteroatoms. The van der Waals surface area contributed by atoms with Crippen molar-refractivity contribution in [3.8, 4) is 5.75 Å². The van der Waals surface area contributed by atoms with Crippen LogP contribution in [0.1, 0.15) is 16.0 Å². The van der Waals surface area contributed by atoms with Crippen molar-refractivity contribution in [2.24, 2.45) is 0 Å². The zero-order valence-corrected chi connectivity index (χ0v) is 12.8. The third kappa shape index (κ3) is 3.12. The summed E-state index contributed by atoms with van der Waals surface area (Å²) in [6, 6.07) is 12.5. The molecule has 0 saturated heterocycles. The summed E-state index contributed by atoms with van der Waals surface area (Å²) in [5, 5.41) is 0. The average molecular weight is 374 g/mol. The van der Waals surface area contributed by atoms with Gasteiger partial charge in [0.2, 0.25) is 0 Å². The first-order valence-electron chi connectivity index (χ1n) is 5.34. The molecule has 2 rings (SSSR count). The van der Waals surface area contributed by atoms with Crippen molar-refractivity contribution < 1.29 is 9.13 Å². The van der Waals surface area contributed by atoms with Gasteiger partial charge in [-0.15, -0.1) is 0 Å². The zero-order valence-electron chi connectivity index (χ0n) is 9.66. The highest BCUT2D eigenvalue weighted by atomic mass is 79.9. The molecule has 0 saturated carbocycles. The lowest BCUT2D eigenvalue weighted by molar-refractivity contribution is 0.414. The maximum absolute atomic E-state index is 13.4. The molecule has 2 aromatic rings. The molecule has 1 unspecified atom stereocenters. The fourth-order valence-corrected chi connectivity index (χ4v) is 2.74.